The lowest BCUT2D eigenvalue weighted by molar-refractivity contribution is -0.137. The van der Waals surface area contributed by atoms with E-state index in [9.17, 15) is 9.59 Å². The summed E-state index contributed by atoms with van der Waals surface area (Å²) in [5, 5.41) is 7.38. The van der Waals surface area contributed by atoms with Crippen molar-refractivity contribution in [1.82, 2.24) is 15.4 Å². The van der Waals surface area contributed by atoms with E-state index in [0.29, 0.717) is 41.6 Å². The number of hydrogen-bond donors (Lipinski definition) is 1. The highest BCUT2D eigenvalue weighted by atomic mass is 35.5. The second-order valence-electron chi connectivity index (χ2n) is 6.49. The zero-order chi connectivity index (χ0) is 18.2. The van der Waals surface area contributed by atoms with E-state index in [0.717, 1.165) is 5.56 Å². The zero-order valence-electron chi connectivity index (χ0n) is 14.4. The molecular formula is C18H20ClN3O3. The molecule has 1 unspecified atom stereocenters. The first-order valence-corrected chi connectivity index (χ1v) is 8.48. The van der Waals surface area contributed by atoms with Crippen LogP contribution in [0.4, 0.5) is 0 Å². The van der Waals surface area contributed by atoms with Crippen LogP contribution in [0.3, 0.4) is 0 Å². The Morgan fingerprint density at radius 1 is 1.32 bits per heavy atom. The molecule has 1 saturated heterocycles. The smallest absolute Gasteiger partial charge is 0.260 e. The highest BCUT2D eigenvalue weighted by molar-refractivity contribution is 6.30. The van der Waals surface area contributed by atoms with Crippen LogP contribution < -0.4 is 5.32 Å². The number of carbonyl (C=O) groups is 2. The Balaban J connectivity index is 1.69. The average molecular weight is 362 g/mol. The molecule has 1 aromatic heterocycles. The van der Waals surface area contributed by atoms with Gasteiger partial charge in [0.05, 0.1) is 5.69 Å². The molecule has 0 aliphatic carbocycles. The van der Waals surface area contributed by atoms with Gasteiger partial charge in [0.25, 0.3) is 5.91 Å². The number of carbonyl (C=O) groups excluding carboxylic acids is 2. The molecule has 0 bridgehead atoms. The van der Waals surface area contributed by atoms with Crippen LogP contribution in [-0.2, 0) is 11.3 Å². The number of amides is 2. The number of hydrogen-bond acceptors (Lipinski definition) is 4. The fraction of sp³-hybridized carbons (Fsp3) is 0.389. The van der Waals surface area contributed by atoms with Crippen LogP contribution in [0.2, 0.25) is 5.02 Å². The van der Waals surface area contributed by atoms with Crippen molar-refractivity contribution in [3.8, 4) is 0 Å². The quantitative estimate of drug-likeness (QED) is 0.908. The van der Waals surface area contributed by atoms with Gasteiger partial charge >= 0.3 is 0 Å². The van der Waals surface area contributed by atoms with Crippen LogP contribution in [0.5, 0.6) is 0 Å². The van der Waals surface area contributed by atoms with Crippen molar-refractivity contribution in [2.45, 2.75) is 39.3 Å². The summed E-state index contributed by atoms with van der Waals surface area (Å²) in [6, 6.07) is 7.28. The van der Waals surface area contributed by atoms with Gasteiger partial charge in [0.2, 0.25) is 5.91 Å². The Morgan fingerprint density at radius 3 is 2.52 bits per heavy atom. The van der Waals surface area contributed by atoms with Gasteiger partial charge in [0.15, 0.2) is 0 Å². The van der Waals surface area contributed by atoms with Gasteiger partial charge in [-0.2, -0.15) is 0 Å². The molecule has 0 radical (unpaired) electrons. The molecule has 3 rings (SSSR count). The molecule has 1 aliphatic rings. The first kappa shape index (κ1) is 17.5. The Morgan fingerprint density at radius 2 is 2.00 bits per heavy atom. The van der Waals surface area contributed by atoms with Crippen molar-refractivity contribution in [2.24, 2.45) is 0 Å². The third-order valence-electron chi connectivity index (χ3n) is 4.77. The summed E-state index contributed by atoms with van der Waals surface area (Å²) in [7, 11) is 0. The number of aryl methyl sites for hydroxylation is 2. The Hall–Kier alpha value is -2.34. The van der Waals surface area contributed by atoms with Crippen LogP contribution in [0.1, 0.15) is 40.7 Å². The molecule has 0 saturated carbocycles. The van der Waals surface area contributed by atoms with E-state index in [2.05, 4.69) is 10.5 Å². The Labute approximate surface area is 151 Å². The standard InChI is InChI=1S/C18H20ClN3O3/c1-11-15(12(2)25-21-11)16(23)22-9-8-18(22,3)17(24)20-10-13-4-6-14(19)7-5-13/h4-7H,8-10H2,1-3H3,(H,20,24). The van der Waals surface area contributed by atoms with E-state index in [-0.39, 0.29) is 11.8 Å². The summed E-state index contributed by atoms with van der Waals surface area (Å²) in [6.45, 7) is 6.13. The average Bonchev–Trinajstić information content (AvgIpc) is 2.90. The molecule has 2 amide bonds. The number of rotatable bonds is 4. The SMILES string of the molecule is Cc1noc(C)c1C(=O)N1CCC1(C)C(=O)NCc1ccc(Cl)cc1. The molecule has 132 valence electrons. The van der Waals surface area contributed by atoms with Crippen LogP contribution in [0.25, 0.3) is 0 Å². The van der Waals surface area contributed by atoms with Crippen LogP contribution >= 0.6 is 11.6 Å². The van der Waals surface area contributed by atoms with E-state index in [4.69, 9.17) is 16.1 Å². The van der Waals surface area contributed by atoms with Crippen LogP contribution in [-0.4, -0.2) is 34.0 Å². The minimum atomic E-state index is -0.861. The maximum absolute atomic E-state index is 12.8. The van der Waals surface area contributed by atoms with E-state index < -0.39 is 5.54 Å². The lowest BCUT2D eigenvalue weighted by Crippen LogP contribution is -2.67. The molecule has 1 aromatic carbocycles. The second-order valence-corrected chi connectivity index (χ2v) is 6.93. The summed E-state index contributed by atoms with van der Waals surface area (Å²) < 4.78 is 5.07. The van der Waals surface area contributed by atoms with Gasteiger partial charge in [0.1, 0.15) is 16.9 Å². The molecule has 7 heteroatoms. The fourth-order valence-corrected chi connectivity index (χ4v) is 3.15. The summed E-state index contributed by atoms with van der Waals surface area (Å²) in [5.74, 6) is 0.0822. The molecule has 1 N–H and O–H groups in total. The number of halogens is 1. The molecule has 1 aliphatic heterocycles. The summed E-state index contributed by atoms with van der Waals surface area (Å²) in [6.07, 6.45) is 0.620. The second kappa shape index (κ2) is 6.52. The van der Waals surface area contributed by atoms with Crippen molar-refractivity contribution in [3.05, 3.63) is 51.9 Å². The first-order valence-electron chi connectivity index (χ1n) is 8.10. The molecule has 2 aromatic rings. The lowest BCUT2D eigenvalue weighted by atomic mass is 9.84. The minimum Gasteiger partial charge on any atom is -0.361 e. The van der Waals surface area contributed by atoms with E-state index >= 15 is 0 Å². The molecule has 1 atom stereocenters. The minimum absolute atomic E-state index is 0.172. The van der Waals surface area contributed by atoms with Crippen molar-refractivity contribution >= 4 is 23.4 Å². The monoisotopic (exact) mass is 361 g/mol. The zero-order valence-corrected chi connectivity index (χ0v) is 15.2. The van der Waals surface area contributed by atoms with Crippen molar-refractivity contribution in [3.63, 3.8) is 0 Å². The Kier molecular flexibility index (Phi) is 4.56. The first-order chi connectivity index (χ1) is 11.8. The summed E-state index contributed by atoms with van der Waals surface area (Å²) in [5.41, 5.74) is 1.07. The number of aromatic nitrogens is 1. The number of likely N-dealkylation sites (tertiary alicyclic amines) is 1. The molecule has 1 fully saturated rings. The maximum atomic E-state index is 12.8. The van der Waals surface area contributed by atoms with E-state index in [1.807, 2.05) is 12.1 Å². The highest BCUT2D eigenvalue weighted by Gasteiger charge is 2.50. The molecular weight excluding hydrogens is 342 g/mol. The van der Waals surface area contributed by atoms with Gasteiger partial charge in [-0.05, 0) is 44.9 Å². The molecule has 25 heavy (non-hydrogen) atoms. The third-order valence-corrected chi connectivity index (χ3v) is 5.02. The van der Waals surface area contributed by atoms with Crippen molar-refractivity contribution < 1.29 is 14.1 Å². The van der Waals surface area contributed by atoms with E-state index in [1.165, 1.54) is 0 Å². The van der Waals surface area contributed by atoms with Crippen LogP contribution in [0, 0.1) is 13.8 Å². The number of nitrogens with zero attached hydrogens (tertiary/aromatic N) is 2. The van der Waals surface area contributed by atoms with E-state index in [1.54, 1.807) is 37.8 Å². The largest absolute Gasteiger partial charge is 0.361 e. The fourth-order valence-electron chi connectivity index (χ4n) is 3.02. The van der Waals surface area contributed by atoms with Gasteiger partial charge in [-0.25, -0.2) is 0 Å². The van der Waals surface area contributed by atoms with Crippen molar-refractivity contribution in [1.29, 1.82) is 0 Å². The van der Waals surface area contributed by atoms with Crippen molar-refractivity contribution in [2.75, 3.05) is 6.54 Å². The normalized spacial score (nSPS) is 19.4. The van der Waals surface area contributed by atoms with Gasteiger partial charge < -0.3 is 14.7 Å². The Bertz CT molecular complexity index is 796. The third kappa shape index (κ3) is 3.14. The number of benzene rings is 1. The predicted molar refractivity (Wildman–Crippen MR) is 93.3 cm³/mol. The number of nitrogens with one attached hydrogen (secondary N) is 1. The van der Waals surface area contributed by atoms with Gasteiger partial charge in [-0.15, -0.1) is 0 Å². The van der Waals surface area contributed by atoms with Gasteiger partial charge in [-0.3, -0.25) is 9.59 Å². The lowest BCUT2D eigenvalue weighted by Gasteiger charge is -2.49. The maximum Gasteiger partial charge on any atom is 0.260 e. The van der Waals surface area contributed by atoms with Gasteiger partial charge in [0, 0.05) is 18.1 Å². The topological polar surface area (TPSA) is 75.4 Å². The molecule has 6 nitrogen and oxygen atoms in total. The molecule has 2 heterocycles. The molecule has 0 spiro atoms. The van der Waals surface area contributed by atoms with Crippen LogP contribution in [0.15, 0.2) is 28.8 Å². The summed E-state index contributed by atoms with van der Waals surface area (Å²) >= 11 is 5.86. The summed E-state index contributed by atoms with van der Waals surface area (Å²) in [4.78, 5) is 27.0. The van der Waals surface area contributed by atoms with Gasteiger partial charge in [-0.1, -0.05) is 28.9 Å². The highest BCUT2D eigenvalue weighted by Crippen LogP contribution is 2.33. The predicted octanol–water partition coefficient (Wildman–Crippen LogP) is 2.87.